The maximum Gasteiger partial charge on any atom is 0.133 e. The topological polar surface area (TPSA) is 27.6 Å². The first kappa shape index (κ1) is 8.01. The van der Waals surface area contributed by atoms with Gasteiger partial charge in [0.05, 0.1) is 0 Å². The summed E-state index contributed by atoms with van der Waals surface area (Å²) in [5.74, 6) is 0. The summed E-state index contributed by atoms with van der Waals surface area (Å²) in [5, 5.41) is 0. The quantitative estimate of drug-likeness (QED) is 0.678. The molecule has 0 aliphatic rings. The molecule has 0 spiro atoms. The van der Waals surface area contributed by atoms with E-state index in [1.165, 1.54) is 20.4 Å². The van der Waals surface area contributed by atoms with Crippen LogP contribution in [0.25, 0.3) is 0 Å². The van der Waals surface area contributed by atoms with Crippen LogP contribution in [0, 0.1) is 17.4 Å². The minimum absolute atomic E-state index is 1.17. The molecule has 0 radical (unpaired) electrons. The number of quaternary nitrogens is 1. The molecule has 2 heteroatoms. The molecule has 0 fully saturated rings. The van der Waals surface area contributed by atoms with Gasteiger partial charge in [-0.05, 0) is 48.6 Å². The van der Waals surface area contributed by atoms with Gasteiger partial charge in [0.15, 0.2) is 0 Å². The van der Waals surface area contributed by atoms with Crippen LogP contribution in [-0.2, 0) is 0 Å². The molecule has 0 saturated carbocycles. The van der Waals surface area contributed by atoms with Crippen molar-refractivity contribution in [2.45, 2.75) is 13.8 Å². The molecule has 0 atom stereocenters. The Labute approximate surface area is 74.8 Å². The predicted octanol–water partition coefficient (Wildman–Crippen LogP) is 1.78. The minimum atomic E-state index is 1.17. The van der Waals surface area contributed by atoms with Gasteiger partial charge in [-0.25, -0.2) is 0 Å². The number of hydrogen-bond acceptors (Lipinski definition) is 0. The van der Waals surface area contributed by atoms with Crippen molar-refractivity contribution in [1.29, 1.82) is 0 Å². The Morgan fingerprint density at radius 1 is 1.20 bits per heavy atom. The van der Waals surface area contributed by atoms with E-state index < -0.39 is 0 Å². The normalized spacial score (nSPS) is 10.0. The van der Waals surface area contributed by atoms with E-state index in [4.69, 9.17) is 0 Å². The van der Waals surface area contributed by atoms with Crippen LogP contribution >= 0.6 is 22.6 Å². The van der Waals surface area contributed by atoms with E-state index in [0.717, 1.165) is 0 Å². The summed E-state index contributed by atoms with van der Waals surface area (Å²) >= 11 is 2.32. The molecule has 0 aliphatic heterocycles. The Morgan fingerprint density at radius 3 is 2.00 bits per heavy atom. The monoisotopic (exact) mass is 248 g/mol. The zero-order chi connectivity index (χ0) is 7.72. The van der Waals surface area contributed by atoms with Gasteiger partial charge >= 0.3 is 0 Å². The third kappa shape index (κ3) is 1.49. The molecule has 0 saturated heterocycles. The maximum atomic E-state index is 3.96. The maximum absolute atomic E-state index is 3.96. The van der Waals surface area contributed by atoms with E-state index in [1.807, 2.05) is 0 Å². The molecule has 1 aromatic rings. The van der Waals surface area contributed by atoms with Crippen LogP contribution in [0.4, 0.5) is 5.69 Å². The summed E-state index contributed by atoms with van der Waals surface area (Å²) in [5.41, 5.74) is 7.69. The second-order valence-electron chi connectivity index (χ2n) is 2.52. The highest BCUT2D eigenvalue weighted by atomic mass is 127. The largest absolute Gasteiger partial charge is 0.325 e. The smallest absolute Gasteiger partial charge is 0.133 e. The summed E-state index contributed by atoms with van der Waals surface area (Å²) < 4.78 is 1.29. The van der Waals surface area contributed by atoms with Crippen LogP contribution in [0.1, 0.15) is 11.1 Å². The Kier molecular flexibility index (Phi) is 2.31. The van der Waals surface area contributed by atoms with E-state index in [9.17, 15) is 0 Å². The van der Waals surface area contributed by atoms with Gasteiger partial charge in [0.25, 0.3) is 0 Å². The first-order chi connectivity index (χ1) is 4.61. The molecule has 0 aliphatic carbocycles. The third-order valence-electron chi connectivity index (χ3n) is 1.66. The Morgan fingerprint density at radius 2 is 1.60 bits per heavy atom. The van der Waals surface area contributed by atoms with E-state index >= 15 is 0 Å². The van der Waals surface area contributed by atoms with Gasteiger partial charge in [-0.2, -0.15) is 0 Å². The van der Waals surface area contributed by atoms with E-state index in [2.05, 4.69) is 54.3 Å². The van der Waals surface area contributed by atoms with Crippen molar-refractivity contribution < 1.29 is 5.73 Å². The molecule has 0 amide bonds. The van der Waals surface area contributed by atoms with Crippen LogP contribution in [0.3, 0.4) is 0 Å². The van der Waals surface area contributed by atoms with Crippen molar-refractivity contribution in [3.05, 3.63) is 26.8 Å². The fourth-order valence-corrected chi connectivity index (χ4v) is 1.87. The number of benzene rings is 1. The molecular weight excluding hydrogens is 237 g/mol. The highest BCUT2D eigenvalue weighted by Crippen LogP contribution is 2.17. The second kappa shape index (κ2) is 2.88. The van der Waals surface area contributed by atoms with Gasteiger partial charge in [-0.1, -0.05) is 0 Å². The Hall–Kier alpha value is -0.0900. The lowest BCUT2D eigenvalue weighted by Gasteiger charge is -1.99. The Balaban J connectivity index is 3.31. The third-order valence-corrected chi connectivity index (χ3v) is 2.28. The molecule has 0 bridgehead atoms. The Bertz CT molecular complexity index is 232. The highest BCUT2D eigenvalue weighted by Gasteiger charge is 2.01. The van der Waals surface area contributed by atoms with Crippen molar-refractivity contribution in [2.24, 2.45) is 0 Å². The molecule has 10 heavy (non-hydrogen) atoms. The number of hydrogen-bond donors (Lipinski definition) is 1. The van der Waals surface area contributed by atoms with Gasteiger partial charge in [-0.3, -0.25) is 0 Å². The summed E-state index contributed by atoms with van der Waals surface area (Å²) in [6.07, 6.45) is 0. The molecule has 1 nitrogen and oxygen atoms in total. The van der Waals surface area contributed by atoms with Crippen LogP contribution < -0.4 is 5.73 Å². The van der Waals surface area contributed by atoms with E-state index in [1.54, 1.807) is 0 Å². The number of halogens is 1. The summed E-state index contributed by atoms with van der Waals surface area (Å²) in [6, 6.07) is 4.30. The molecule has 0 heterocycles. The summed E-state index contributed by atoms with van der Waals surface area (Å²) in [6.45, 7) is 4.19. The minimum Gasteiger partial charge on any atom is -0.325 e. The second-order valence-corrected chi connectivity index (χ2v) is 3.76. The van der Waals surface area contributed by atoms with Crippen molar-refractivity contribution in [1.82, 2.24) is 0 Å². The summed E-state index contributed by atoms with van der Waals surface area (Å²) in [4.78, 5) is 0. The van der Waals surface area contributed by atoms with Gasteiger partial charge in [0.1, 0.15) is 5.69 Å². The van der Waals surface area contributed by atoms with Crippen molar-refractivity contribution in [3.63, 3.8) is 0 Å². The zero-order valence-corrected chi connectivity index (χ0v) is 8.40. The van der Waals surface area contributed by atoms with Crippen molar-refractivity contribution in [3.8, 4) is 0 Å². The van der Waals surface area contributed by atoms with Crippen LogP contribution in [0.2, 0.25) is 0 Å². The standard InChI is InChI=1S/C8H10IN/c1-5-3-7(9)4-6(2)8(5)10/h3-4H,10H2,1-2H3/p+1. The summed E-state index contributed by atoms with van der Waals surface area (Å²) in [7, 11) is 0. The van der Waals surface area contributed by atoms with Gasteiger partial charge < -0.3 is 5.73 Å². The number of rotatable bonds is 0. The van der Waals surface area contributed by atoms with Crippen LogP contribution in [0.5, 0.6) is 0 Å². The van der Waals surface area contributed by atoms with E-state index in [0.29, 0.717) is 0 Å². The van der Waals surface area contributed by atoms with Crippen LogP contribution in [-0.4, -0.2) is 0 Å². The lowest BCUT2D eigenvalue weighted by Crippen LogP contribution is -2.42. The van der Waals surface area contributed by atoms with Gasteiger partial charge in [-0.15, -0.1) is 0 Å². The molecular formula is C8H11IN+. The number of aryl methyl sites for hydroxylation is 2. The SMILES string of the molecule is Cc1cc(I)cc(C)c1[NH3+]. The van der Waals surface area contributed by atoms with Gasteiger partial charge in [0, 0.05) is 14.7 Å². The molecule has 1 rings (SSSR count). The molecule has 0 aromatic heterocycles. The van der Waals surface area contributed by atoms with E-state index in [-0.39, 0.29) is 0 Å². The average Bonchev–Trinajstić information content (AvgIpc) is 1.82. The van der Waals surface area contributed by atoms with Crippen LogP contribution in [0.15, 0.2) is 12.1 Å². The first-order valence-corrected chi connectivity index (χ1v) is 4.28. The fourth-order valence-electron chi connectivity index (χ4n) is 0.941. The fraction of sp³-hybridized carbons (Fsp3) is 0.250. The average molecular weight is 248 g/mol. The molecule has 3 N–H and O–H groups in total. The highest BCUT2D eigenvalue weighted by molar-refractivity contribution is 14.1. The molecule has 54 valence electrons. The lowest BCUT2D eigenvalue weighted by molar-refractivity contribution is -0.256. The molecule has 1 aromatic carbocycles. The molecule has 0 unspecified atom stereocenters. The van der Waals surface area contributed by atoms with Gasteiger partial charge in [0.2, 0.25) is 0 Å². The lowest BCUT2D eigenvalue weighted by atomic mass is 10.1. The van der Waals surface area contributed by atoms with Crippen molar-refractivity contribution in [2.75, 3.05) is 0 Å². The first-order valence-electron chi connectivity index (χ1n) is 3.20. The van der Waals surface area contributed by atoms with Crippen molar-refractivity contribution >= 4 is 28.3 Å². The zero-order valence-electron chi connectivity index (χ0n) is 6.24. The predicted molar refractivity (Wildman–Crippen MR) is 51.2 cm³/mol.